The number of nitrogens with two attached hydrogens (primary N) is 1. The van der Waals surface area contributed by atoms with E-state index in [1.807, 2.05) is 0 Å². The Kier molecular flexibility index (Phi) is 2.35. The zero-order valence-corrected chi connectivity index (χ0v) is 10.8. The second kappa shape index (κ2) is 3.33. The van der Waals surface area contributed by atoms with Crippen LogP contribution >= 0.6 is 0 Å². The van der Waals surface area contributed by atoms with Crippen molar-refractivity contribution in [1.82, 2.24) is 0 Å². The van der Waals surface area contributed by atoms with Gasteiger partial charge in [0.25, 0.3) is 0 Å². The van der Waals surface area contributed by atoms with Crippen molar-refractivity contribution >= 4 is 0 Å². The quantitative estimate of drug-likeness (QED) is 0.722. The Hall–Kier alpha value is 0.674. The van der Waals surface area contributed by atoms with Gasteiger partial charge in [-0.15, -0.1) is 0 Å². The molecule has 0 amide bonds. The third-order valence-corrected chi connectivity index (χ3v) is 9.99. The molecule has 4 fully saturated rings. The van der Waals surface area contributed by atoms with Gasteiger partial charge in [0.2, 0.25) is 0 Å². The van der Waals surface area contributed by atoms with Crippen LogP contribution in [0.3, 0.4) is 0 Å². The molecule has 14 heavy (non-hydrogen) atoms. The van der Waals surface area contributed by atoms with Gasteiger partial charge in [-0.2, -0.15) is 0 Å². The van der Waals surface area contributed by atoms with E-state index in [9.17, 15) is 0 Å². The normalized spacial score (nSPS) is 49.7. The Morgan fingerprint density at radius 3 is 1.86 bits per heavy atom. The van der Waals surface area contributed by atoms with Crippen LogP contribution in [-0.2, 0) is 17.9 Å². The number of rotatable bonds is 2. The summed E-state index contributed by atoms with van der Waals surface area (Å²) in [6.07, 6.45) is 9.49. The second-order valence-corrected chi connectivity index (χ2v) is 10.9. The van der Waals surface area contributed by atoms with Gasteiger partial charge in [-0.1, -0.05) is 0 Å². The molecule has 0 saturated heterocycles. The molecule has 4 bridgehead atoms. The Morgan fingerprint density at radius 2 is 1.50 bits per heavy atom. The van der Waals surface area contributed by atoms with E-state index >= 15 is 0 Å². The van der Waals surface area contributed by atoms with Crippen molar-refractivity contribution in [3.8, 4) is 0 Å². The van der Waals surface area contributed by atoms with E-state index in [0.717, 1.165) is 26.3 Å². The Morgan fingerprint density at radius 1 is 1.07 bits per heavy atom. The first-order valence-corrected chi connectivity index (χ1v) is 9.69. The summed E-state index contributed by atoms with van der Waals surface area (Å²) in [5, 5.41) is 2.56. The fraction of sp³-hybridized carbons (Fsp3) is 1.00. The second-order valence-electron chi connectivity index (χ2n) is 6.18. The fourth-order valence-corrected chi connectivity index (χ4v) is 8.51. The van der Waals surface area contributed by atoms with Crippen LogP contribution in [-0.4, -0.2) is 4.85 Å². The van der Waals surface area contributed by atoms with Crippen LogP contribution in [0.25, 0.3) is 0 Å². The van der Waals surface area contributed by atoms with E-state index in [-0.39, 0.29) is 0 Å². The summed E-state index contributed by atoms with van der Waals surface area (Å²) >= 11 is -0.894. The average Bonchev–Trinajstić information content (AvgIpc) is 2.14. The van der Waals surface area contributed by atoms with Crippen LogP contribution in [0, 0.1) is 17.8 Å². The van der Waals surface area contributed by atoms with Crippen LogP contribution in [0.1, 0.15) is 38.5 Å². The van der Waals surface area contributed by atoms with Crippen LogP contribution < -0.4 is 5.73 Å². The fourth-order valence-electron chi connectivity index (χ4n) is 4.85. The molecule has 1 nitrogen and oxygen atoms in total. The van der Waals surface area contributed by atoms with E-state index in [1.165, 1.54) is 0 Å². The maximum absolute atomic E-state index is 5.97. The van der Waals surface area contributed by atoms with Crippen molar-refractivity contribution in [2.24, 2.45) is 23.5 Å². The molecule has 0 aromatic heterocycles. The van der Waals surface area contributed by atoms with E-state index in [0.29, 0.717) is 0 Å². The summed E-state index contributed by atoms with van der Waals surface area (Å²) < 4.78 is 0.851. The SMILES string of the molecule is [CH3][Ti]([CH2]N)[C]12CC3CC(CC(C3)C1)C2. The maximum atomic E-state index is 5.97. The molecule has 0 radical (unpaired) electrons. The molecule has 0 aliphatic heterocycles. The summed E-state index contributed by atoms with van der Waals surface area (Å²) in [4.78, 5) is 1.08. The molecule has 4 aliphatic carbocycles. The van der Waals surface area contributed by atoms with E-state index in [1.54, 1.807) is 38.5 Å². The van der Waals surface area contributed by atoms with Crippen LogP contribution in [0.2, 0.25) is 8.95 Å². The summed E-state index contributed by atoms with van der Waals surface area (Å²) in [6.45, 7) is 0. The van der Waals surface area contributed by atoms with E-state index < -0.39 is 17.9 Å². The molecule has 79 valence electrons. The van der Waals surface area contributed by atoms with Gasteiger partial charge >= 0.3 is 93.7 Å². The Labute approximate surface area is 93.7 Å². The van der Waals surface area contributed by atoms with Crippen molar-refractivity contribution < 1.29 is 17.9 Å². The molecule has 0 aromatic carbocycles. The van der Waals surface area contributed by atoms with Crippen molar-refractivity contribution in [2.45, 2.75) is 47.5 Å². The predicted octanol–water partition coefficient (Wildman–Crippen LogP) is 2.96. The minimum absolute atomic E-state index is 0.851. The van der Waals surface area contributed by atoms with E-state index in [2.05, 4.69) is 5.23 Å². The van der Waals surface area contributed by atoms with Gasteiger partial charge in [0.15, 0.2) is 0 Å². The average molecular weight is 228 g/mol. The molecule has 0 unspecified atom stereocenters. The topological polar surface area (TPSA) is 26.0 Å². The van der Waals surface area contributed by atoms with Crippen molar-refractivity contribution in [3.05, 3.63) is 0 Å². The van der Waals surface area contributed by atoms with Crippen LogP contribution in [0.4, 0.5) is 0 Å². The van der Waals surface area contributed by atoms with Gasteiger partial charge < -0.3 is 0 Å². The van der Waals surface area contributed by atoms with Gasteiger partial charge in [0, 0.05) is 0 Å². The van der Waals surface area contributed by atoms with Gasteiger partial charge in [-0.3, -0.25) is 0 Å². The number of hydrogen-bond donors (Lipinski definition) is 1. The molecule has 4 rings (SSSR count). The molecular weight excluding hydrogens is 206 g/mol. The molecule has 2 heteroatoms. The van der Waals surface area contributed by atoms with Crippen molar-refractivity contribution in [2.75, 3.05) is 4.85 Å². The van der Waals surface area contributed by atoms with Crippen molar-refractivity contribution in [3.63, 3.8) is 0 Å². The monoisotopic (exact) mass is 228 g/mol. The van der Waals surface area contributed by atoms with Gasteiger partial charge in [0.05, 0.1) is 0 Å². The number of hydrogen-bond acceptors (Lipinski definition) is 1. The summed E-state index contributed by atoms with van der Waals surface area (Å²) in [5.41, 5.74) is 5.97. The zero-order chi connectivity index (χ0) is 9.76. The van der Waals surface area contributed by atoms with Crippen LogP contribution in [0.5, 0.6) is 0 Å². The summed E-state index contributed by atoms with van der Waals surface area (Å²) in [7, 11) is 0. The van der Waals surface area contributed by atoms with E-state index in [4.69, 9.17) is 5.73 Å². The third-order valence-electron chi connectivity index (χ3n) is 5.25. The van der Waals surface area contributed by atoms with Gasteiger partial charge in [0.1, 0.15) is 0 Å². The molecule has 4 saturated carbocycles. The first-order chi connectivity index (χ1) is 6.72. The standard InChI is InChI=1S/C10H15.CH4N.CH3.Ti/c1-7-2-9-4-8(1)5-10(3-7)6-9;1-2;;/h7-9H,1-6H2;1-2H2;1H3;. The third kappa shape index (κ3) is 1.36. The first kappa shape index (κ1) is 9.87. The molecular formula is C12H22NTi. The Bertz CT molecular complexity index is 203. The molecule has 4 aliphatic rings. The predicted molar refractivity (Wildman–Crippen MR) is 55.8 cm³/mol. The molecule has 0 spiro atoms. The first-order valence-electron chi connectivity index (χ1n) is 6.25. The van der Waals surface area contributed by atoms with Gasteiger partial charge in [-0.05, 0) is 0 Å². The van der Waals surface area contributed by atoms with Crippen molar-refractivity contribution in [1.29, 1.82) is 0 Å². The molecule has 2 N–H and O–H groups in total. The van der Waals surface area contributed by atoms with Gasteiger partial charge in [-0.25, -0.2) is 0 Å². The summed E-state index contributed by atoms with van der Waals surface area (Å²) in [5.74, 6) is 3.36. The Balaban J connectivity index is 1.87. The van der Waals surface area contributed by atoms with Crippen LogP contribution in [0.15, 0.2) is 0 Å². The molecule has 0 aromatic rings. The summed E-state index contributed by atoms with van der Waals surface area (Å²) in [6, 6.07) is 0. The molecule has 0 atom stereocenters. The zero-order valence-electron chi connectivity index (χ0n) is 9.26. The molecule has 0 heterocycles. The minimum atomic E-state index is -0.894.